The summed E-state index contributed by atoms with van der Waals surface area (Å²) in [7, 11) is 0. The summed E-state index contributed by atoms with van der Waals surface area (Å²) in [6, 6.07) is 1.77. The maximum Gasteiger partial charge on any atom is 0.379 e. The van der Waals surface area contributed by atoms with Gasteiger partial charge >= 0.3 is 5.97 Å². The van der Waals surface area contributed by atoms with Crippen molar-refractivity contribution in [1.82, 2.24) is 0 Å². The molecule has 0 atom stereocenters. The standard InChI is InChI=1S/C8H5BrF2O4/c9-8-5(10)1-4(2-6(8)11)14-3-7(12)15-13/h1-2,13H,3H2. The molecule has 0 radical (unpaired) electrons. The Bertz CT molecular complexity index is 360. The molecule has 15 heavy (non-hydrogen) atoms. The Kier molecular flexibility index (Phi) is 3.98. The van der Waals surface area contributed by atoms with E-state index < -0.39 is 24.2 Å². The maximum absolute atomic E-state index is 12.9. The van der Waals surface area contributed by atoms with Crippen LogP contribution in [0.1, 0.15) is 0 Å². The van der Waals surface area contributed by atoms with Crippen LogP contribution < -0.4 is 4.74 Å². The van der Waals surface area contributed by atoms with Gasteiger partial charge in [0.15, 0.2) is 6.61 Å². The fourth-order valence-corrected chi connectivity index (χ4v) is 1.01. The summed E-state index contributed by atoms with van der Waals surface area (Å²) < 4.78 is 30.1. The van der Waals surface area contributed by atoms with Gasteiger partial charge in [-0.15, -0.1) is 0 Å². The van der Waals surface area contributed by atoms with E-state index in [9.17, 15) is 13.6 Å². The fourth-order valence-electron chi connectivity index (χ4n) is 0.784. The van der Waals surface area contributed by atoms with Crippen molar-refractivity contribution in [3.05, 3.63) is 28.2 Å². The fraction of sp³-hybridized carbons (Fsp3) is 0.125. The van der Waals surface area contributed by atoms with E-state index in [2.05, 4.69) is 25.6 Å². The highest BCUT2D eigenvalue weighted by Gasteiger charge is 2.10. The Hall–Kier alpha value is -1.21. The van der Waals surface area contributed by atoms with E-state index in [4.69, 9.17) is 5.26 Å². The molecule has 1 rings (SSSR count). The maximum atomic E-state index is 12.9. The van der Waals surface area contributed by atoms with Gasteiger partial charge in [0.2, 0.25) is 0 Å². The molecule has 0 aliphatic carbocycles. The second-order valence-electron chi connectivity index (χ2n) is 2.45. The molecule has 0 amide bonds. The first-order valence-electron chi connectivity index (χ1n) is 3.66. The van der Waals surface area contributed by atoms with Crippen LogP contribution in [0.2, 0.25) is 0 Å². The molecule has 1 aromatic carbocycles. The van der Waals surface area contributed by atoms with E-state index in [1.807, 2.05) is 0 Å². The predicted octanol–water partition coefficient (Wildman–Crippen LogP) is 2.12. The molecule has 0 heterocycles. The highest BCUT2D eigenvalue weighted by Crippen LogP contribution is 2.24. The van der Waals surface area contributed by atoms with Crippen molar-refractivity contribution in [1.29, 1.82) is 0 Å². The van der Waals surface area contributed by atoms with Crippen molar-refractivity contribution < 1.29 is 28.5 Å². The zero-order valence-corrected chi connectivity index (χ0v) is 8.75. The van der Waals surface area contributed by atoms with Crippen LogP contribution in [-0.4, -0.2) is 17.8 Å². The first-order chi connectivity index (χ1) is 7.04. The van der Waals surface area contributed by atoms with Crippen LogP contribution in [0, 0.1) is 11.6 Å². The van der Waals surface area contributed by atoms with Crippen LogP contribution in [0.4, 0.5) is 8.78 Å². The SMILES string of the molecule is O=C(COc1cc(F)c(Br)c(F)c1)OO. The summed E-state index contributed by atoms with van der Waals surface area (Å²) in [6.07, 6.45) is 0. The molecule has 0 spiro atoms. The van der Waals surface area contributed by atoms with E-state index in [1.165, 1.54) is 0 Å². The molecule has 0 bridgehead atoms. The molecule has 4 nitrogen and oxygen atoms in total. The van der Waals surface area contributed by atoms with E-state index in [0.29, 0.717) is 0 Å². The molecule has 0 saturated carbocycles. The van der Waals surface area contributed by atoms with Gasteiger partial charge in [-0.05, 0) is 15.9 Å². The molecular formula is C8H5BrF2O4. The third-order valence-corrected chi connectivity index (χ3v) is 2.17. The topological polar surface area (TPSA) is 55.8 Å². The monoisotopic (exact) mass is 282 g/mol. The molecule has 1 aromatic rings. The van der Waals surface area contributed by atoms with Gasteiger partial charge in [0.1, 0.15) is 17.4 Å². The van der Waals surface area contributed by atoms with Gasteiger partial charge in [0.25, 0.3) is 0 Å². The molecule has 0 unspecified atom stereocenters. The molecule has 0 aliphatic heterocycles. The Morgan fingerprint density at radius 2 is 1.93 bits per heavy atom. The lowest BCUT2D eigenvalue weighted by Crippen LogP contribution is -2.13. The minimum atomic E-state index is -1.07. The summed E-state index contributed by atoms with van der Waals surface area (Å²) in [6.45, 7) is -0.642. The normalized spacial score (nSPS) is 9.87. The summed E-state index contributed by atoms with van der Waals surface area (Å²) in [5, 5.41) is 7.88. The number of carbonyl (C=O) groups is 1. The average Bonchev–Trinajstić information content (AvgIpc) is 2.22. The van der Waals surface area contributed by atoms with Gasteiger partial charge in [-0.2, -0.15) is 5.26 Å². The minimum Gasteiger partial charge on any atom is -0.482 e. The quantitative estimate of drug-likeness (QED) is 0.524. The van der Waals surface area contributed by atoms with Crippen molar-refractivity contribution in [3.8, 4) is 5.75 Å². The van der Waals surface area contributed by atoms with Gasteiger partial charge in [-0.1, -0.05) is 0 Å². The van der Waals surface area contributed by atoms with Gasteiger partial charge < -0.3 is 4.74 Å². The van der Waals surface area contributed by atoms with Crippen molar-refractivity contribution in [2.75, 3.05) is 6.61 Å². The molecular weight excluding hydrogens is 278 g/mol. The molecule has 0 aromatic heterocycles. The van der Waals surface area contributed by atoms with Crippen molar-refractivity contribution in [3.63, 3.8) is 0 Å². The van der Waals surface area contributed by atoms with Crippen molar-refractivity contribution in [2.24, 2.45) is 0 Å². The molecule has 1 N–H and O–H groups in total. The first kappa shape index (κ1) is 11.9. The Balaban J connectivity index is 2.75. The zero-order chi connectivity index (χ0) is 11.4. The van der Waals surface area contributed by atoms with E-state index in [1.54, 1.807) is 0 Å². The Labute approximate surface area is 91.5 Å². The van der Waals surface area contributed by atoms with Crippen LogP contribution in [0.3, 0.4) is 0 Å². The lowest BCUT2D eigenvalue weighted by atomic mass is 10.3. The van der Waals surface area contributed by atoms with Gasteiger partial charge in [-0.25, -0.2) is 13.6 Å². The Morgan fingerprint density at radius 1 is 1.40 bits per heavy atom. The number of ether oxygens (including phenoxy) is 1. The van der Waals surface area contributed by atoms with E-state index >= 15 is 0 Å². The van der Waals surface area contributed by atoms with Crippen LogP contribution in [-0.2, 0) is 9.68 Å². The number of halogens is 3. The minimum absolute atomic E-state index is 0.182. The van der Waals surface area contributed by atoms with Crippen molar-refractivity contribution in [2.45, 2.75) is 0 Å². The van der Waals surface area contributed by atoms with Gasteiger partial charge in [0, 0.05) is 12.1 Å². The number of hydrogen-bond donors (Lipinski definition) is 1. The molecule has 7 heteroatoms. The summed E-state index contributed by atoms with van der Waals surface area (Å²) in [5.74, 6) is -2.97. The van der Waals surface area contributed by atoms with Gasteiger partial charge in [0.05, 0.1) is 4.47 Å². The molecule has 82 valence electrons. The lowest BCUT2D eigenvalue weighted by Gasteiger charge is -2.05. The van der Waals surface area contributed by atoms with Gasteiger partial charge in [-0.3, -0.25) is 4.89 Å². The van der Waals surface area contributed by atoms with Crippen LogP contribution in [0.25, 0.3) is 0 Å². The smallest absolute Gasteiger partial charge is 0.379 e. The number of hydrogen-bond acceptors (Lipinski definition) is 4. The summed E-state index contributed by atoms with van der Waals surface area (Å²) in [4.78, 5) is 13.7. The lowest BCUT2D eigenvalue weighted by molar-refractivity contribution is -0.236. The highest BCUT2D eigenvalue weighted by molar-refractivity contribution is 9.10. The Morgan fingerprint density at radius 3 is 2.40 bits per heavy atom. The van der Waals surface area contributed by atoms with Crippen LogP contribution in [0.5, 0.6) is 5.75 Å². The summed E-state index contributed by atoms with van der Waals surface area (Å²) >= 11 is 2.67. The van der Waals surface area contributed by atoms with Crippen molar-refractivity contribution >= 4 is 21.9 Å². The number of benzene rings is 1. The highest BCUT2D eigenvalue weighted by atomic mass is 79.9. The molecule has 0 saturated heterocycles. The molecule has 0 aliphatic rings. The number of rotatable bonds is 3. The molecule has 0 fully saturated rings. The average molecular weight is 283 g/mol. The van der Waals surface area contributed by atoms with Crippen LogP contribution >= 0.6 is 15.9 Å². The summed E-state index contributed by atoms with van der Waals surface area (Å²) in [5.41, 5.74) is 0. The van der Waals surface area contributed by atoms with Crippen LogP contribution in [0.15, 0.2) is 16.6 Å². The van der Waals surface area contributed by atoms with E-state index in [-0.39, 0.29) is 10.2 Å². The predicted molar refractivity (Wildman–Crippen MR) is 48.3 cm³/mol. The largest absolute Gasteiger partial charge is 0.482 e. The first-order valence-corrected chi connectivity index (χ1v) is 4.45. The second-order valence-corrected chi connectivity index (χ2v) is 3.25. The second kappa shape index (κ2) is 5.04. The third kappa shape index (κ3) is 3.14. The third-order valence-electron chi connectivity index (χ3n) is 1.42. The zero-order valence-electron chi connectivity index (χ0n) is 7.17. The van der Waals surface area contributed by atoms with E-state index in [0.717, 1.165) is 12.1 Å². The number of carbonyl (C=O) groups excluding carboxylic acids is 1.